The van der Waals surface area contributed by atoms with Crippen LogP contribution in [0.25, 0.3) is 10.9 Å². The van der Waals surface area contributed by atoms with Crippen LogP contribution < -0.4 is 10.5 Å². The Kier molecular flexibility index (Phi) is 3.44. The van der Waals surface area contributed by atoms with Gasteiger partial charge in [0.1, 0.15) is 17.9 Å². The molecule has 4 heteroatoms. The number of nitrogens with two attached hydrogens (primary N) is 1. The third-order valence-electron chi connectivity index (χ3n) is 3.05. The van der Waals surface area contributed by atoms with Crippen LogP contribution in [0, 0.1) is 0 Å². The monoisotopic (exact) mass is 284 g/mol. The van der Waals surface area contributed by atoms with E-state index in [-0.39, 0.29) is 0 Å². The van der Waals surface area contributed by atoms with Crippen LogP contribution in [-0.4, -0.2) is 4.98 Å². The summed E-state index contributed by atoms with van der Waals surface area (Å²) in [5.74, 6) is 0.761. The number of halogens is 1. The molecule has 2 N–H and O–H groups in total. The van der Waals surface area contributed by atoms with E-state index in [4.69, 9.17) is 22.1 Å². The predicted molar refractivity (Wildman–Crippen MR) is 81.9 cm³/mol. The van der Waals surface area contributed by atoms with Crippen LogP contribution in [0.15, 0.2) is 54.7 Å². The van der Waals surface area contributed by atoms with E-state index >= 15 is 0 Å². The minimum absolute atomic E-state index is 0.428. The maximum Gasteiger partial charge on any atom is 0.146 e. The van der Waals surface area contributed by atoms with Crippen molar-refractivity contribution < 1.29 is 4.74 Å². The van der Waals surface area contributed by atoms with Crippen molar-refractivity contribution in [1.82, 2.24) is 4.98 Å². The van der Waals surface area contributed by atoms with Crippen molar-refractivity contribution in [2.45, 2.75) is 6.61 Å². The molecule has 0 radical (unpaired) electrons. The number of nitrogens with zero attached hydrogens (tertiary/aromatic N) is 1. The molecule has 0 fully saturated rings. The maximum absolute atomic E-state index is 5.90. The Morgan fingerprint density at radius 1 is 1.10 bits per heavy atom. The molecule has 100 valence electrons. The molecule has 0 saturated carbocycles. The fourth-order valence-electron chi connectivity index (χ4n) is 2.04. The summed E-state index contributed by atoms with van der Waals surface area (Å²) in [7, 11) is 0. The summed E-state index contributed by atoms with van der Waals surface area (Å²) < 4.78 is 5.84. The van der Waals surface area contributed by atoms with Crippen molar-refractivity contribution in [3.63, 3.8) is 0 Å². The molecule has 0 atom stereocenters. The lowest BCUT2D eigenvalue weighted by Gasteiger charge is -2.09. The molecule has 0 unspecified atom stereocenters. The molecule has 3 rings (SSSR count). The first-order valence-corrected chi connectivity index (χ1v) is 6.62. The molecule has 0 bridgehead atoms. The van der Waals surface area contributed by atoms with Crippen LogP contribution in [0.2, 0.25) is 5.02 Å². The second kappa shape index (κ2) is 5.39. The van der Waals surface area contributed by atoms with Gasteiger partial charge in [-0.3, -0.25) is 4.98 Å². The minimum atomic E-state index is 0.428. The lowest BCUT2D eigenvalue weighted by molar-refractivity contribution is 0.309. The Morgan fingerprint density at radius 3 is 2.80 bits per heavy atom. The fraction of sp³-hybridized carbons (Fsp3) is 0.0625. The number of rotatable bonds is 3. The molecule has 3 aromatic rings. The van der Waals surface area contributed by atoms with Crippen LogP contribution >= 0.6 is 11.6 Å². The number of hydrogen-bond donors (Lipinski definition) is 1. The molecule has 3 nitrogen and oxygen atoms in total. The van der Waals surface area contributed by atoms with E-state index in [2.05, 4.69) is 4.98 Å². The second-order valence-electron chi connectivity index (χ2n) is 4.48. The molecule has 0 saturated heterocycles. The van der Waals surface area contributed by atoms with Gasteiger partial charge in [-0.2, -0.15) is 0 Å². The summed E-state index contributed by atoms with van der Waals surface area (Å²) >= 11 is 5.90. The first kappa shape index (κ1) is 12.8. The quantitative estimate of drug-likeness (QED) is 0.738. The van der Waals surface area contributed by atoms with Gasteiger partial charge in [0, 0.05) is 11.6 Å². The lowest BCUT2D eigenvalue weighted by atomic mass is 10.2. The number of para-hydroxylation sites is 1. The van der Waals surface area contributed by atoms with Gasteiger partial charge in [0.2, 0.25) is 0 Å². The van der Waals surface area contributed by atoms with Crippen molar-refractivity contribution in [1.29, 1.82) is 0 Å². The molecular weight excluding hydrogens is 272 g/mol. The van der Waals surface area contributed by atoms with Crippen LogP contribution in [0.4, 0.5) is 5.69 Å². The van der Waals surface area contributed by atoms with E-state index in [0.717, 1.165) is 22.2 Å². The summed E-state index contributed by atoms with van der Waals surface area (Å²) in [5, 5.41) is 1.61. The van der Waals surface area contributed by atoms with Crippen molar-refractivity contribution in [2.24, 2.45) is 0 Å². The second-order valence-corrected chi connectivity index (χ2v) is 4.88. The van der Waals surface area contributed by atoms with Gasteiger partial charge >= 0.3 is 0 Å². The Morgan fingerprint density at radius 2 is 1.95 bits per heavy atom. The molecular formula is C16H13ClN2O. The zero-order valence-corrected chi connectivity index (χ0v) is 11.5. The number of fused-ring (bicyclic) bond motifs is 1. The SMILES string of the molecule is Nc1cc(COc2cccc3cccnc23)ccc1Cl. The van der Waals surface area contributed by atoms with Gasteiger partial charge in [0.05, 0.1) is 10.7 Å². The highest BCUT2D eigenvalue weighted by molar-refractivity contribution is 6.33. The average molecular weight is 285 g/mol. The summed E-state index contributed by atoms with van der Waals surface area (Å²) in [6.45, 7) is 0.428. The number of nitrogen functional groups attached to an aromatic ring is 1. The van der Waals surface area contributed by atoms with Gasteiger partial charge in [0.15, 0.2) is 0 Å². The minimum Gasteiger partial charge on any atom is -0.487 e. The van der Waals surface area contributed by atoms with E-state index in [1.165, 1.54) is 0 Å². The standard InChI is InChI=1S/C16H13ClN2O/c17-13-7-6-11(9-14(13)18)10-20-15-5-1-3-12-4-2-8-19-16(12)15/h1-9H,10,18H2. The number of hydrogen-bond acceptors (Lipinski definition) is 3. The average Bonchev–Trinajstić information content (AvgIpc) is 2.48. The van der Waals surface area contributed by atoms with Gasteiger partial charge in [-0.1, -0.05) is 35.9 Å². The van der Waals surface area contributed by atoms with Crippen LogP contribution in [0.3, 0.4) is 0 Å². The third kappa shape index (κ3) is 2.53. The molecule has 20 heavy (non-hydrogen) atoms. The molecule has 1 heterocycles. The number of aromatic nitrogens is 1. The number of benzene rings is 2. The Labute approximate surface area is 122 Å². The topological polar surface area (TPSA) is 48.1 Å². The number of ether oxygens (including phenoxy) is 1. The van der Waals surface area contributed by atoms with Gasteiger partial charge < -0.3 is 10.5 Å². The largest absolute Gasteiger partial charge is 0.487 e. The zero-order chi connectivity index (χ0) is 13.9. The Bertz CT molecular complexity index is 753. The highest BCUT2D eigenvalue weighted by Gasteiger charge is 2.04. The molecule has 0 aliphatic rings. The first-order chi connectivity index (χ1) is 9.74. The number of pyridine rings is 1. The van der Waals surface area contributed by atoms with E-state index in [1.807, 2.05) is 42.5 Å². The highest BCUT2D eigenvalue weighted by Crippen LogP contribution is 2.25. The van der Waals surface area contributed by atoms with E-state index in [9.17, 15) is 0 Å². The van der Waals surface area contributed by atoms with Crippen molar-refractivity contribution in [3.05, 3.63) is 65.3 Å². The molecule has 0 aliphatic heterocycles. The first-order valence-electron chi connectivity index (χ1n) is 6.24. The van der Waals surface area contributed by atoms with E-state index in [0.29, 0.717) is 17.3 Å². The normalized spacial score (nSPS) is 10.7. The smallest absolute Gasteiger partial charge is 0.146 e. The Hall–Kier alpha value is -2.26. The van der Waals surface area contributed by atoms with E-state index < -0.39 is 0 Å². The summed E-state index contributed by atoms with van der Waals surface area (Å²) in [6.07, 6.45) is 1.76. The van der Waals surface area contributed by atoms with Crippen LogP contribution in [0.1, 0.15) is 5.56 Å². The molecule has 1 aromatic heterocycles. The van der Waals surface area contributed by atoms with Gasteiger partial charge in [0.25, 0.3) is 0 Å². The summed E-state index contributed by atoms with van der Waals surface area (Å²) in [4.78, 5) is 4.35. The highest BCUT2D eigenvalue weighted by atomic mass is 35.5. The van der Waals surface area contributed by atoms with Crippen molar-refractivity contribution in [3.8, 4) is 5.75 Å². The van der Waals surface area contributed by atoms with Crippen molar-refractivity contribution >= 4 is 28.2 Å². The van der Waals surface area contributed by atoms with Gasteiger partial charge in [-0.15, -0.1) is 0 Å². The lowest BCUT2D eigenvalue weighted by Crippen LogP contribution is -1.98. The van der Waals surface area contributed by atoms with Crippen molar-refractivity contribution in [2.75, 3.05) is 5.73 Å². The molecule has 0 amide bonds. The fourth-order valence-corrected chi connectivity index (χ4v) is 2.15. The third-order valence-corrected chi connectivity index (χ3v) is 3.39. The maximum atomic E-state index is 5.90. The van der Waals surface area contributed by atoms with Gasteiger partial charge in [-0.05, 0) is 29.8 Å². The molecule has 0 spiro atoms. The Balaban J connectivity index is 1.85. The van der Waals surface area contributed by atoms with Crippen LogP contribution in [-0.2, 0) is 6.61 Å². The summed E-state index contributed by atoms with van der Waals surface area (Å²) in [6, 6.07) is 15.3. The zero-order valence-electron chi connectivity index (χ0n) is 10.7. The van der Waals surface area contributed by atoms with Crippen LogP contribution in [0.5, 0.6) is 5.75 Å². The predicted octanol–water partition coefficient (Wildman–Crippen LogP) is 4.05. The number of anilines is 1. The summed E-state index contributed by atoms with van der Waals surface area (Å²) in [5.41, 5.74) is 8.17. The van der Waals surface area contributed by atoms with E-state index in [1.54, 1.807) is 12.3 Å². The van der Waals surface area contributed by atoms with Gasteiger partial charge in [-0.25, -0.2) is 0 Å². The molecule has 0 aliphatic carbocycles. The molecule has 2 aromatic carbocycles.